The lowest BCUT2D eigenvalue weighted by Crippen LogP contribution is -2.47. The molecule has 0 spiro atoms. The second-order valence-corrected chi connectivity index (χ2v) is 7.88. The Bertz CT molecular complexity index is 848. The molecule has 1 atom stereocenters. The lowest BCUT2D eigenvalue weighted by molar-refractivity contribution is -0.127. The van der Waals surface area contributed by atoms with E-state index < -0.39 is 6.04 Å². The summed E-state index contributed by atoms with van der Waals surface area (Å²) in [5.74, 6) is -0.499. The Morgan fingerprint density at radius 2 is 1.72 bits per heavy atom. The molecular formula is C23H30N4O2. The topological polar surface area (TPSA) is 87.5 Å². The first-order valence-electron chi connectivity index (χ1n) is 10.1. The molecule has 0 saturated heterocycles. The van der Waals surface area contributed by atoms with Crippen molar-refractivity contribution in [3.8, 4) is 0 Å². The maximum absolute atomic E-state index is 12.0. The monoisotopic (exact) mass is 394 g/mol. The number of anilines is 1. The van der Waals surface area contributed by atoms with Gasteiger partial charge in [-0.1, -0.05) is 56.3 Å². The molecule has 0 fully saturated rings. The fraction of sp³-hybridized carbons (Fsp3) is 0.391. The smallest absolute Gasteiger partial charge is 0.239 e. The number of carbonyl (C=O) groups is 2. The molecule has 6 nitrogen and oxygen atoms in total. The van der Waals surface area contributed by atoms with E-state index in [-0.39, 0.29) is 24.3 Å². The number of carbonyl (C=O) groups excluding carboxylic acids is 2. The number of benzene rings is 2. The number of rotatable bonds is 8. The van der Waals surface area contributed by atoms with E-state index in [0.717, 1.165) is 25.1 Å². The fourth-order valence-corrected chi connectivity index (χ4v) is 3.40. The van der Waals surface area contributed by atoms with Gasteiger partial charge in [0.15, 0.2) is 0 Å². The lowest BCUT2D eigenvalue weighted by Gasteiger charge is -2.19. The minimum Gasteiger partial charge on any atom is -0.367 e. The van der Waals surface area contributed by atoms with Gasteiger partial charge in [0.2, 0.25) is 11.8 Å². The first-order chi connectivity index (χ1) is 13.9. The van der Waals surface area contributed by atoms with Crippen molar-refractivity contribution in [3.05, 3.63) is 65.2 Å². The minimum atomic E-state index is -0.599. The summed E-state index contributed by atoms with van der Waals surface area (Å²) in [4.78, 5) is 26.2. The maximum Gasteiger partial charge on any atom is 0.239 e. The molecule has 29 heavy (non-hydrogen) atoms. The van der Waals surface area contributed by atoms with Gasteiger partial charge >= 0.3 is 0 Å². The van der Waals surface area contributed by atoms with Gasteiger partial charge in [-0.15, -0.1) is 0 Å². The van der Waals surface area contributed by atoms with Crippen LogP contribution in [-0.2, 0) is 29.1 Å². The molecule has 0 radical (unpaired) electrons. The molecule has 154 valence electrons. The fourth-order valence-electron chi connectivity index (χ4n) is 3.40. The summed E-state index contributed by atoms with van der Waals surface area (Å²) in [6.45, 7) is 6.03. The maximum atomic E-state index is 12.0. The third-order valence-electron chi connectivity index (χ3n) is 5.31. The van der Waals surface area contributed by atoms with Crippen LogP contribution in [0.4, 0.5) is 5.69 Å². The molecule has 6 heteroatoms. The lowest BCUT2D eigenvalue weighted by atomic mass is 10.1. The molecule has 2 amide bonds. The van der Waals surface area contributed by atoms with Crippen molar-refractivity contribution in [2.45, 2.75) is 39.4 Å². The highest BCUT2D eigenvalue weighted by Crippen LogP contribution is 2.28. The molecule has 0 bridgehead atoms. The van der Waals surface area contributed by atoms with E-state index in [1.165, 1.54) is 16.8 Å². The molecule has 2 aromatic rings. The average molecular weight is 395 g/mol. The zero-order valence-corrected chi connectivity index (χ0v) is 17.2. The van der Waals surface area contributed by atoms with Crippen molar-refractivity contribution >= 4 is 17.5 Å². The van der Waals surface area contributed by atoms with Crippen LogP contribution < -0.4 is 21.3 Å². The van der Waals surface area contributed by atoms with Crippen LogP contribution in [0.3, 0.4) is 0 Å². The van der Waals surface area contributed by atoms with Crippen LogP contribution in [0.15, 0.2) is 48.5 Å². The predicted octanol–water partition coefficient (Wildman–Crippen LogP) is 1.97. The summed E-state index contributed by atoms with van der Waals surface area (Å²) >= 11 is 0. The van der Waals surface area contributed by atoms with Crippen molar-refractivity contribution in [1.29, 1.82) is 0 Å². The molecule has 1 heterocycles. The number of amides is 2. The van der Waals surface area contributed by atoms with Gasteiger partial charge < -0.3 is 21.3 Å². The van der Waals surface area contributed by atoms with Gasteiger partial charge in [0.1, 0.15) is 0 Å². The van der Waals surface area contributed by atoms with Gasteiger partial charge in [0.25, 0.3) is 0 Å². The van der Waals surface area contributed by atoms with Gasteiger partial charge in [0, 0.05) is 25.3 Å². The summed E-state index contributed by atoms with van der Waals surface area (Å²) in [6.07, 6.45) is 1.10. The third-order valence-corrected chi connectivity index (χ3v) is 5.31. The number of hydrogen-bond donors (Lipinski definition) is 3. The van der Waals surface area contributed by atoms with Crippen LogP contribution in [0.5, 0.6) is 0 Å². The molecular weight excluding hydrogens is 364 g/mol. The van der Waals surface area contributed by atoms with Gasteiger partial charge in [-0.25, -0.2) is 0 Å². The van der Waals surface area contributed by atoms with E-state index >= 15 is 0 Å². The van der Waals surface area contributed by atoms with E-state index in [1.54, 1.807) is 0 Å². The summed E-state index contributed by atoms with van der Waals surface area (Å²) in [5.41, 5.74) is 10.8. The molecule has 1 aliphatic rings. The number of fused-ring (bicyclic) bond motifs is 1. The standard InChI is InChI=1S/C23H30N4O2/c1-16(2)22(24)23(29)26-14-21(28)25-13-17-7-9-18(10-8-17)15-27-12-11-19-5-3-4-6-20(19)27/h3-10,16,22H,11-15,24H2,1-2H3,(H,25,28)(H,26,29)/t22-/m0/s1. The summed E-state index contributed by atoms with van der Waals surface area (Å²) < 4.78 is 0. The zero-order valence-electron chi connectivity index (χ0n) is 17.2. The molecule has 1 aliphatic heterocycles. The number of nitrogens with zero attached hydrogens (tertiary/aromatic N) is 1. The highest BCUT2D eigenvalue weighted by molar-refractivity contribution is 5.87. The Balaban J connectivity index is 1.44. The van der Waals surface area contributed by atoms with Crippen LogP contribution in [0.1, 0.15) is 30.5 Å². The van der Waals surface area contributed by atoms with Gasteiger partial charge in [-0.3, -0.25) is 9.59 Å². The van der Waals surface area contributed by atoms with Crippen LogP contribution in [0.2, 0.25) is 0 Å². The molecule has 2 aromatic carbocycles. The third kappa shape index (κ3) is 5.57. The number of nitrogens with two attached hydrogens (primary N) is 1. The van der Waals surface area contributed by atoms with E-state index in [2.05, 4.69) is 51.9 Å². The zero-order chi connectivity index (χ0) is 20.8. The molecule has 3 rings (SSSR count). The Hall–Kier alpha value is -2.86. The summed E-state index contributed by atoms with van der Waals surface area (Å²) in [6, 6.07) is 16.2. The van der Waals surface area contributed by atoms with Gasteiger partial charge in [-0.2, -0.15) is 0 Å². The Labute approximate surface area is 172 Å². The van der Waals surface area contributed by atoms with Gasteiger partial charge in [0.05, 0.1) is 12.6 Å². The minimum absolute atomic E-state index is 0.0330. The van der Waals surface area contributed by atoms with Gasteiger partial charge in [-0.05, 0) is 35.1 Å². The summed E-state index contributed by atoms with van der Waals surface area (Å²) in [5, 5.41) is 5.40. The quantitative estimate of drug-likeness (QED) is 0.639. The SMILES string of the molecule is CC(C)[C@H](N)C(=O)NCC(=O)NCc1ccc(CN2CCc3ccccc32)cc1. The van der Waals surface area contributed by atoms with E-state index in [9.17, 15) is 9.59 Å². The van der Waals surface area contributed by atoms with E-state index in [4.69, 9.17) is 5.73 Å². The average Bonchev–Trinajstić information content (AvgIpc) is 3.13. The van der Waals surface area contributed by atoms with Crippen LogP contribution in [0, 0.1) is 5.92 Å². The highest BCUT2D eigenvalue weighted by atomic mass is 16.2. The Morgan fingerprint density at radius 3 is 2.45 bits per heavy atom. The van der Waals surface area contributed by atoms with Crippen molar-refractivity contribution < 1.29 is 9.59 Å². The molecule has 0 aromatic heterocycles. The molecule has 0 aliphatic carbocycles. The second kappa shape index (κ2) is 9.56. The first-order valence-corrected chi connectivity index (χ1v) is 10.1. The Kier molecular flexibility index (Phi) is 6.88. The summed E-state index contributed by atoms with van der Waals surface area (Å²) in [7, 11) is 0. The normalized spacial score (nSPS) is 13.9. The van der Waals surface area contributed by atoms with E-state index in [1.807, 2.05) is 26.0 Å². The van der Waals surface area contributed by atoms with Crippen molar-refractivity contribution in [2.75, 3.05) is 18.0 Å². The number of para-hydroxylation sites is 1. The van der Waals surface area contributed by atoms with Crippen molar-refractivity contribution in [1.82, 2.24) is 10.6 Å². The van der Waals surface area contributed by atoms with Crippen molar-refractivity contribution in [3.63, 3.8) is 0 Å². The van der Waals surface area contributed by atoms with Crippen molar-refractivity contribution in [2.24, 2.45) is 11.7 Å². The van der Waals surface area contributed by atoms with Crippen LogP contribution in [0.25, 0.3) is 0 Å². The second-order valence-electron chi connectivity index (χ2n) is 7.88. The largest absolute Gasteiger partial charge is 0.367 e. The van der Waals surface area contributed by atoms with E-state index in [0.29, 0.717) is 6.54 Å². The molecule has 0 saturated carbocycles. The highest BCUT2D eigenvalue weighted by Gasteiger charge is 2.19. The number of nitrogens with one attached hydrogen (secondary N) is 2. The Morgan fingerprint density at radius 1 is 1.03 bits per heavy atom. The number of hydrogen-bond acceptors (Lipinski definition) is 4. The molecule has 4 N–H and O–H groups in total. The predicted molar refractivity (Wildman–Crippen MR) is 115 cm³/mol. The first kappa shape index (κ1) is 20.9. The molecule has 0 unspecified atom stereocenters. The van der Waals surface area contributed by atoms with Crippen LogP contribution in [-0.4, -0.2) is 30.9 Å². The van der Waals surface area contributed by atoms with Crippen LogP contribution >= 0.6 is 0 Å².